The van der Waals surface area contributed by atoms with Crippen molar-refractivity contribution in [3.8, 4) is 0 Å². The van der Waals surface area contributed by atoms with Crippen LogP contribution in [0.25, 0.3) is 0 Å². The standard InChI is InChI=1S/C19H29ClN4O2/c1-3-9-21-18(25)14-24(10-4-2)19(26)15-7-11-23(12-8-15)17-6-5-16(20)13-22-17/h5-6,13,15H,3-4,7-12,14H2,1-2H3,(H,21,25). The Balaban J connectivity index is 1.89. The summed E-state index contributed by atoms with van der Waals surface area (Å²) in [6, 6.07) is 3.74. The zero-order chi connectivity index (χ0) is 18.9. The predicted octanol–water partition coefficient (Wildman–Crippen LogP) is 2.72. The first-order chi connectivity index (χ1) is 12.5. The van der Waals surface area contributed by atoms with Gasteiger partial charge in [-0.2, -0.15) is 0 Å². The topological polar surface area (TPSA) is 65.5 Å². The van der Waals surface area contributed by atoms with Crippen LogP contribution in [-0.4, -0.2) is 54.4 Å². The van der Waals surface area contributed by atoms with E-state index in [1.807, 2.05) is 26.0 Å². The number of nitrogens with zero attached hydrogens (tertiary/aromatic N) is 3. The van der Waals surface area contributed by atoms with Gasteiger partial charge in [0.05, 0.1) is 11.6 Å². The normalized spacial score (nSPS) is 15.0. The van der Waals surface area contributed by atoms with E-state index in [4.69, 9.17) is 11.6 Å². The highest BCUT2D eigenvalue weighted by atomic mass is 35.5. The third-order valence-electron chi connectivity index (χ3n) is 4.59. The van der Waals surface area contributed by atoms with E-state index < -0.39 is 0 Å². The molecule has 7 heteroatoms. The van der Waals surface area contributed by atoms with E-state index >= 15 is 0 Å². The lowest BCUT2D eigenvalue weighted by atomic mass is 9.95. The molecule has 0 radical (unpaired) electrons. The fourth-order valence-electron chi connectivity index (χ4n) is 3.20. The SMILES string of the molecule is CCCNC(=O)CN(CCC)C(=O)C1CCN(c2ccc(Cl)cn2)CC1. The highest BCUT2D eigenvalue weighted by molar-refractivity contribution is 6.30. The van der Waals surface area contributed by atoms with E-state index in [0.717, 1.165) is 44.6 Å². The molecule has 1 fully saturated rings. The van der Waals surface area contributed by atoms with Gasteiger partial charge in [0.1, 0.15) is 5.82 Å². The van der Waals surface area contributed by atoms with Gasteiger partial charge in [0.15, 0.2) is 0 Å². The molecule has 1 N–H and O–H groups in total. The summed E-state index contributed by atoms with van der Waals surface area (Å²) in [5.41, 5.74) is 0. The van der Waals surface area contributed by atoms with Gasteiger partial charge in [0.25, 0.3) is 0 Å². The Morgan fingerprint density at radius 1 is 1.27 bits per heavy atom. The zero-order valence-electron chi connectivity index (χ0n) is 15.7. The third-order valence-corrected chi connectivity index (χ3v) is 4.82. The molecule has 1 aromatic heterocycles. The summed E-state index contributed by atoms with van der Waals surface area (Å²) >= 11 is 5.89. The number of pyridine rings is 1. The maximum atomic E-state index is 12.9. The van der Waals surface area contributed by atoms with Gasteiger partial charge in [-0.15, -0.1) is 0 Å². The van der Waals surface area contributed by atoms with Crippen molar-refractivity contribution < 1.29 is 9.59 Å². The molecule has 0 saturated carbocycles. The molecule has 26 heavy (non-hydrogen) atoms. The second kappa shape index (κ2) is 10.4. The van der Waals surface area contributed by atoms with Crippen molar-refractivity contribution in [2.45, 2.75) is 39.5 Å². The summed E-state index contributed by atoms with van der Waals surface area (Å²) < 4.78 is 0. The molecule has 1 saturated heterocycles. The molecule has 2 amide bonds. The Bertz CT molecular complexity index is 586. The van der Waals surface area contributed by atoms with Gasteiger partial charge in [-0.1, -0.05) is 25.4 Å². The lowest BCUT2D eigenvalue weighted by molar-refractivity contribution is -0.140. The Kier molecular flexibility index (Phi) is 8.16. The van der Waals surface area contributed by atoms with Gasteiger partial charge in [-0.05, 0) is 37.8 Å². The number of anilines is 1. The van der Waals surface area contributed by atoms with Gasteiger partial charge >= 0.3 is 0 Å². The molecule has 0 aliphatic carbocycles. The number of nitrogens with one attached hydrogen (secondary N) is 1. The average molecular weight is 381 g/mol. The van der Waals surface area contributed by atoms with Crippen LogP contribution in [0.5, 0.6) is 0 Å². The first kappa shape index (κ1) is 20.5. The molecular weight excluding hydrogens is 352 g/mol. The molecule has 0 atom stereocenters. The molecule has 2 heterocycles. The molecule has 2 rings (SSSR count). The molecule has 0 bridgehead atoms. The minimum atomic E-state index is -0.0727. The average Bonchev–Trinajstić information content (AvgIpc) is 2.66. The first-order valence-corrected chi connectivity index (χ1v) is 9.84. The zero-order valence-corrected chi connectivity index (χ0v) is 16.5. The summed E-state index contributed by atoms with van der Waals surface area (Å²) in [6.07, 6.45) is 4.94. The first-order valence-electron chi connectivity index (χ1n) is 9.47. The fourth-order valence-corrected chi connectivity index (χ4v) is 3.31. The van der Waals surface area contributed by atoms with Gasteiger partial charge < -0.3 is 15.1 Å². The van der Waals surface area contributed by atoms with Gasteiger partial charge in [-0.25, -0.2) is 4.98 Å². The molecule has 0 aromatic carbocycles. The number of hydrogen-bond donors (Lipinski definition) is 1. The van der Waals surface area contributed by atoms with Crippen LogP contribution in [0.2, 0.25) is 5.02 Å². The van der Waals surface area contributed by atoms with Crippen LogP contribution in [0.1, 0.15) is 39.5 Å². The molecular formula is C19H29ClN4O2. The van der Waals surface area contributed by atoms with Crippen LogP contribution in [0.15, 0.2) is 18.3 Å². The van der Waals surface area contributed by atoms with Crippen molar-refractivity contribution in [3.63, 3.8) is 0 Å². The van der Waals surface area contributed by atoms with Crippen LogP contribution in [-0.2, 0) is 9.59 Å². The highest BCUT2D eigenvalue weighted by Gasteiger charge is 2.29. The van der Waals surface area contributed by atoms with E-state index in [0.29, 0.717) is 18.1 Å². The number of carbonyl (C=O) groups excluding carboxylic acids is 2. The van der Waals surface area contributed by atoms with Crippen molar-refractivity contribution in [3.05, 3.63) is 23.4 Å². The molecule has 6 nitrogen and oxygen atoms in total. The lowest BCUT2D eigenvalue weighted by Gasteiger charge is -2.34. The second-order valence-electron chi connectivity index (χ2n) is 6.71. The Labute approximate surface area is 160 Å². The third kappa shape index (κ3) is 5.87. The molecule has 0 unspecified atom stereocenters. The monoisotopic (exact) mass is 380 g/mol. The predicted molar refractivity (Wildman–Crippen MR) is 104 cm³/mol. The van der Waals surface area contributed by atoms with E-state index in [9.17, 15) is 9.59 Å². The number of piperidine rings is 1. The van der Waals surface area contributed by atoms with Crippen molar-refractivity contribution in [2.24, 2.45) is 5.92 Å². The largest absolute Gasteiger partial charge is 0.357 e. The number of rotatable bonds is 8. The highest BCUT2D eigenvalue weighted by Crippen LogP contribution is 2.24. The molecule has 1 aliphatic heterocycles. The summed E-state index contributed by atoms with van der Waals surface area (Å²) in [6.45, 7) is 7.04. The lowest BCUT2D eigenvalue weighted by Crippen LogP contribution is -2.46. The van der Waals surface area contributed by atoms with Crippen molar-refractivity contribution in [2.75, 3.05) is 37.6 Å². The molecule has 0 spiro atoms. The Hall–Kier alpha value is -1.82. The van der Waals surface area contributed by atoms with Gasteiger partial charge in [-0.3, -0.25) is 9.59 Å². The smallest absolute Gasteiger partial charge is 0.239 e. The van der Waals surface area contributed by atoms with Crippen LogP contribution in [0.4, 0.5) is 5.82 Å². The second-order valence-corrected chi connectivity index (χ2v) is 7.14. The number of carbonyl (C=O) groups is 2. The number of aromatic nitrogens is 1. The minimum absolute atomic E-state index is 0.0240. The summed E-state index contributed by atoms with van der Waals surface area (Å²) in [4.78, 5) is 33.1. The van der Waals surface area contributed by atoms with E-state index in [2.05, 4.69) is 15.2 Å². The maximum Gasteiger partial charge on any atom is 0.239 e. The summed E-state index contributed by atoms with van der Waals surface area (Å²) in [7, 11) is 0. The number of hydrogen-bond acceptors (Lipinski definition) is 4. The molecule has 144 valence electrons. The Morgan fingerprint density at radius 3 is 2.58 bits per heavy atom. The van der Waals surface area contributed by atoms with Crippen molar-refractivity contribution in [1.29, 1.82) is 0 Å². The van der Waals surface area contributed by atoms with Crippen molar-refractivity contribution in [1.82, 2.24) is 15.2 Å². The molecule has 1 aromatic rings. The van der Waals surface area contributed by atoms with Gasteiger partial charge in [0, 0.05) is 38.3 Å². The maximum absolute atomic E-state index is 12.9. The molecule has 1 aliphatic rings. The van der Waals surface area contributed by atoms with E-state index in [1.54, 1.807) is 11.1 Å². The summed E-state index contributed by atoms with van der Waals surface area (Å²) in [5, 5.41) is 3.47. The quantitative estimate of drug-likeness (QED) is 0.753. The van der Waals surface area contributed by atoms with Crippen LogP contribution < -0.4 is 10.2 Å². The van der Waals surface area contributed by atoms with Crippen molar-refractivity contribution >= 4 is 29.2 Å². The van der Waals surface area contributed by atoms with Gasteiger partial charge in [0.2, 0.25) is 11.8 Å². The van der Waals surface area contributed by atoms with Crippen LogP contribution >= 0.6 is 11.6 Å². The summed E-state index contributed by atoms with van der Waals surface area (Å²) in [5.74, 6) is 0.896. The number of halogens is 1. The number of amides is 2. The van der Waals surface area contributed by atoms with Crippen LogP contribution in [0, 0.1) is 5.92 Å². The van der Waals surface area contributed by atoms with E-state index in [1.165, 1.54) is 0 Å². The minimum Gasteiger partial charge on any atom is -0.357 e. The fraction of sp³-hybridized carbons (Fsp3) is 0.632. The van der Waals surface area contributed by atoms with Crippen LogP contribution in [0.3, 0.4) is 0 Å². The van der Waals surface area contributed by atoms with E-state index in [-0.39, 0.29) is 24.3 Å². The Morgan fingerprint density at radius 2 is 2.00 bits per heavy atom.